The lowest BCUT2D eigenvalue weighted by Crippen LogP contribution is -2.62. The smallest absolute Gasteiger partial charge is 0.463 e. The second kappa shape index (κ2) is 25.4. The van der Waals surface area contributed by atoms with Crippen LogP contribution < -0.4 is 0 Å². The maximum Gasteiger partial charge on any atom is 0.509 e. The molecule has 0 spiro atoms. The molecule has 0 aromatic heterocycles. The maximum atomic E-state index is 12.2. The van der Waals surface area contributed by atoms with Gasteiger partial charge < -0.3 is 47.7 Å². The minimum atomic E-state index is -0.728. The second-order valence-electron chi connectivity index (χ2n) is 27.7. The number of ether oxygens (including phenoxy) is 9. The van der Waals surface area contributed by atoms with Crippen molar-refractivity contribution in [2.45, 2.75) is 237 Å². The first-order chi connectivity index (χ1) is 38.6. The van der Waals surface area contributed by atoms with Crippen LogP contribution in [0.15, 0.2) is 60.8 Å². The summed E-state index contributed by atoms with van der Waals surface area (Å²) in [6.45, 7) is 34.2. The fourth-order valence-electron chi connectivity index (χ4n) is 16.3. The predicted octanol–water partition coefficient (Wildman–Crippen LogP) is 10.9. The van der Waals surface area contributed by atoms with E-state index in [4.69, 9.17) is 33.2 Å². The number of carbonyl (C=O) groups is 8. The lowest BCUT2D eigenvalue weighted by molar-refractivity contribution is -0.223. The lowest BCUT2D eigenvalue weighted by Gasteiger charge is -2.60. The molecule has 18 heteroatoms. The van der Waals surface area contributed by atoms with Gasteiger partial charge in [-0.1, -0.05) is 39.8 Å². The van der Waals surface area contributed by atoms with Crippen molar-refractivity contribution in [3.8, 4) is 0 Å². The van der Waals surface area contributed by atoms with Gasteiger partial charge in [0, 0.05) is 47.1 Å². The molecule has 12 aliphatic carbocycles. The number of rotatable bonds is 12. The Morgan fingerprint density at radius 1 is 0.542 bits per heavy atom. The van der Waals surface area contributed by atoms with Gasteiger partial charge in [-0.25, -0.2) is 33.6 Å². The standard InChI is InChI=1S/C19H28O5.C16H24O2.C14H20O3.2C8H10O4/c1-12(2)15(20)22-18-7-13-6-14(8-18)10-19(9-13,11-18)24-16(21)23-17(3,4)5;1-4-16(18-15(17)10(2)3)13-6-11-5-12(8-13)9-14(16)7-11;1-9(2)12(15)17-14-6-10-3-11(7-14)5-13(16,4-10)8-14;1-5(2)8(10)12-6-3-7(9)11-4-6;1-5(2)7(9)12-6-3-4-11-8(6)10/h13-14H,1,6-11H2,2-5H3;11-14H,2,4-9H2,1,3H3;10-11,16H,1,3-8H2,2H3;2*6H,1,3-4H2,2H3. The molecule has 12 bridgehead atoms. The van der Waals surface area contributed by atoms with Crippen LogP contribution in [-0.4, -0.2) is 112 Å². The van der Waals surface area contributed by atoms with E-state index < -0.39 is 64.3 Å². The van der Waals surface area contributed by atoms with Crippen molar-refractivity contribution in [2.75, 3.05) is 13.2 Å². The summed E-state index contributed by atoms with van der Waals surface area (Å²) >= 11 is 0. The summed E-state index contributed by atoms with van der Waals surface area (Å²) in [5.74, 6) is 2.38. The minimum absolute atomic E-state index is 0.152. The maximum absolute atomic E-state index is 12.2. The molecule has 0 aromatic carbocycles. The lowest BCUT2D eigenvalue weighted by atomic mass is 9.49. The molecule has 12 saturated carbocycles. The van der Waals surface area contributed by atoms with Crippen molar-refractivity contribution in [1.82, 2.24) is 0 Å². The molecule has 2 aliphatic heterocycles. The van der Waals surface area contributed by atoms with E-state index >= 15 is 0 Å². The molecule has 83 heavy (non-hydrogen) atoms. The molecular weight excluding hydrogens is 1070 g/mol. The summed E-state index contributed by atoms with van der Waals surface area (Å²) < 4.78 is 47.5. The highest BCUT2D eigenvalue weighted by molar-refractivity contribution is 5.90. The Bertz CT molecular complexity index is 2540. The quantitative estimate of drug-likeness (QED) is 0.108. The zero-order valence-electron chi connectivity index (χ0n) is 50.8. The molecule has 2 saturated heterocycles. The van der Waals surface area contributed by atoms with Gasteiger partial charge in [-0.05, 0) is 205 Å². The molecule has 14 aliphatic rings. The molecular formula is C65H92O18. The summed E-state index contributed by atoms with van der Waals surface area (Å²) in [6, 6.07) is 0. The van der Waals surface area contributed by atoms with Gasteiger partial charge in [-0.15, -0.1) is 0 Å². The van der Waals surface area contributed by atoms with Gasteiger partial charge in [0.1, 0.15) is 40.7 Å². The van der Waals surface area contributed by atoms with Gasteiger partial charge in [-0.2, -0.15) is 0 Å². The number of esters is 7. The highest BCUT2D eigenvalue weighted by Gasteiger charge is 2.63. The average molecular weight is 1160 g/mol. The first-order valence-electron chi connectivity index (χ1n) is 30.0. The summed E-state index contributed by atoms with van der Waals surface area (Å²) in [7, 11) is 0. The normalized spacial score (nSPS) is 36.4. The fourth-order valence-corrected chi connectivity index (χ4v) is 16.3. The highest BCUT2D eigenvalue weighted by Crippen LogP contribution is 2.63. The molecule has 0 aromatic rings. The van der Waals surface area contributed by atoms with E-state index in [9.17, 15) is 43.5 Å². The minimum Gasteiger partial charge on any atom is -0.463 e. The number of hydrogen-bond acceptors (Lipinski definition) is 18. The van der Waals surface area contributed by atoms with Crippen LogP contribution in [0.4, 0.5) is 4.79 Å². The Labute approximate surface area is 490 Å². The van der Waals surface area contributed by atoms with E-state index in [1.807, 2.05) is 20.8 Å². The van der Waals surface area contributed by atoms with E-state index in [2.05, 4.69) is 49.3 Å². The predicted molar refractivity (Wildman–Crippen MR) is 303 cm³/mol. The molecule has 18 nitrogen and oxygen atoms in total. The van der Waals surface area contributed by atoms with E-state index in [0.29, 0.717) is 83.7 Å². The molecule has 14 fully saturated rings. The van der Waals surface area contributed by atoms with E-state index in [-0.39, 0.29) is 48.1 Å². The van der Waals surface area contributed by atoms with Gasteiger partial charge in [0.2, 0.25) is 6.10 Å². The Balaban J connectivity index is 0.000000153. The fraction of sp³-hybridized carbons (Fsp3) is 0.723. The van der Waals surface area contributed by atoms with Crippen molar-refractivity contribution in [3.63, 3.8) is 0 Å². The van der Waals surface area contributed by atoms with Crippen LogP contribution in [0.2, 0.25) is 0 Å². The van der Waals surface area contributed by atoms with Gasteiger partial charge in [0.05, 0.1) is 18.6 Å². The monoisotopic (exact) mass is 1160 g/mol. The van der Waals surface area contributed by atoms with Crippen LogP contribution >= 0.6 is 0 Å². The topological polar surface area (TPSA) is 240 Å². The first-order valence-corrected chi connectivity index (χ1v) is 30.0. The van der Waals surface area contributed by atoms with E-state index in [1.54, 1.807) is 27.7 Å². The molecule has 6 unspecified atom stereocenters. The summed E-state index contributed by atoms with van der Waals surface area (Å²) in [4.78, 5) is 91.2. The Kier molecular flexibility index (Phi) is 19.8. The van der Waals surface area contributed by atoms with Crippen molar-refractivity contribution in [3.05, 3.63) is 60.8 Å². The number of cyclic esters (lactones) is 2. The van der Waals surface area contributed by atoms with Crippen LogP contribution in [0, 0.1) is 47.3 Å². The SMILES string of the molecule is C=C(C)C(=O)OC1(CC)C2CC3CC(C2)CC1C3.C=C(C)C(=O)OC12CC3CC(CC(O)(C3)C1)C2.C=C(C)C(=O)OC12CC3CC(CC(OC(=O)OC(C)(C)C)(C3)C1)C2.C=C(C)C(=O)OC1CCOC1=O.C=C(C)C(=O)OC1COC(=O)C1. The Hall–Kier alpha value is -5.78. The van der Waals surface area contributed by atoms with Crippen LogP contribution in [-0.2, 0) is 76.2 Å². The van der Waals surface area contributed by atoms with Crippen molar-refractivity contribution >= 4 is 47.9 Å². The molecule has 6 atom stereocenters. The average Bonchev–Trinajstić information content (AvgIpc) is 1.49. The number of hydrogen-bond donors (Lipinski definition) is 1. The molecule has 0 amide bonds. The Morgan fingerprint density at radius 2 is 0.952 bits per heavy atom. The first kappa shape index (κ1) is 64.8. The third kappa shape index (κ3) is 16.2. The molecule has 2 heterocycles. The molecule has 460 valence electrons. The van der Waals surface area contributed by atoms with Gasteiger partial charge in [0.25, 0.3) is 0 Å². The van der Waals surface area contributed by atoms with E-state index in [0.717, 1.165) is 76.0 Å². The summed E-state index contributed by atoms with van der Waals surface area (Å²) in [5, 5.41) is 10.5. The summed E-state index contributed by atoms with van der Waals surface area (Å²) in [6.07, 6.45) is 17.0. The third-order valence-electron chi connectivity index (χ3n) is 18.6. The van der Waals surface area contributed by atoms with Crippen LogP contribution in [0.1, 0.15) is 191 Å². The van der Waals surface area contributed by atoms with Gasteiger partial charge in [-0.3, -0.25) is 4.79 Å². The molecule has 1 N–H and O–H groups in total. The highest BCUT2D eigenvalue weighted by atomic mass is 16.7. The zero-order valence-corrected chi connectivity index (χ0v) is 50.8. The van der Waals surface area contributed by atoms with Crippen LogP contribution in [0.3, 0.4) is 0 Å². The zero-order chi connectivity index (χ0) is 61.2. The van der Waals surface area contributed by atoms with Crippen molar-refractivity contribution in [2.24, 2.45) is 47.3 Å². The van der Waals surface area contributed by atoms with Gasteiger partial charge >= 0.3 is 47.9 Å². The Morgan fingerprint density at radius 3 is 1.34 bits per heavy atom. The van der Waals surface area contributed by atoms with Crippen LogP contribution in [0.25, 0.3) is 0 Å². The second-order valence-corrected chi connectivity index (χ2v) is 27.7. The van der Waals surface area contributed by atoms with Crippen molar-refractivity contribution < 1.29 is 86.1 Å². The van der Waals surface area contributed by atoms with Gasteiger partial charge in [0.15, 0.2) is 0 Å². The molecule has 0 radical (unpaired) electrons. The summed E-state index contributed by atoms with van der Waals surface area (Å²) in [5.41, 5.74) is -0.758. The number of aliphatic hydroxyl groups is 1. The van der Waals surface area contributed by atoms with Crippen molar-refractivity contribution in [1.29, 1.82) is 0 Å². The largest absolute Gasteiger partial charge is 0.509 e. The third-order valence-corrected chi connectivity index (χ3v) is 18.6. The molecule has 14 rings (SSSR count). The van der Waals surface area contributed by atoms with E-state index in [1.165, 1.54) is 45.4 Å². The van der Waals surface area contributed by atoms with Crippen LogP contribution in [0.5, 0.6) is 0 Å². The number of carbonyl (C=O) groups excluding carboxylic acids is 8.